The lowest BCUT2D eigenvalue weighted by atomic mass is 9.98. The summed E-state index contributed by atoms with van der Waals surface area (Å²) in [5.41, 5.74) is 3.63. The van der Waals surface area contributed by atoms with Crippen molar-refractivity contribution in [1.29, 1.82) is 5.26 Å². The van der Waals surface area contributed by atoms with Gasteiger partial charge >= 0.3 is 11.9 Å². The molecule has 0 heterocycles. The number of nitrogens with two attached hydrogens (primary N) is 1. The maximum atomic E-state index is 11.9. The first-order valence-electron chi connectivity index (χ1n) is 6.79. The first-order valence-corrected chi connectivity index (χ1v) is 6.79. The SMILES string of the molecule is CC(C)(C)OC(=O)C(N)(C#N)CC(=O)OCc1ccccc1. The number of carbonyl (C=O) groups is 2. The molecular formula is C16H20N2O4. The number of esters is 2. The van der Waals surface area contributed by atoms with Crippen molar-refractivity contribution >= 4 is 11.9 Å². The zero-order chi connectivity index (χ0) is 16.8. The first kappa shape index (κ1) is 17.7. The minimum Gasteiger partial charge on any atom is -0.461 e. The number of rotatable bonds is 5. The van der Waals surface area contributed by atoms with Gasteiger partial charge in [-0.15, -0.1) is 0 Å². The van der Waals surface area contributed by atoms with Crippen LogP contribution in [0.4, 0.5) is 0 Å². The molecule has 0 spiro atoms. The highest BCUT2D eigenvalue weighted by atomic mass is 16.6. The fraction of sp³-hybridized carbons (Fsp3) is 0.438. The summed E-state index contributed by atoms with van der Waals surface area (Å²) in [5, 5.41) is 9.10. The summed E-state index contributed by atoms with van der Waals surface area (Å²) in [5.74, 6) is -1.68. The van der Waals surface area contributed by atoms with Crippen LogP contribution in [0, 0.1) is 11.3 Å². The van der Waals surface area contributed by atoms with Gasteiger partial charge in [-0.05, 0) is 26.3 Å². The normalized spacial score (nSPS) is 13.6. The third kappa shape index (κ3) is 5.54. The predicted molar refractivity (Wildman–Crippen MR) is 79.2 cm³/mol. The van der Waals surface area contributed by atoms with E-state index in [4.69, 9.17) is 20.5 Å². The Balaban J connectivity index is 2.63. The molecule has 0 aliphatic rings. The Labute approximate surface area is 129 Å². The van der Waals surface area contributed by atoms with Gasteiger partial charge in [0, 0.05) is 0 Å². The summed E-state index contributed by atoms with van der Waals surface area (Å²) in [6.07, 6.45) is -0.564. The second-order valence-corrected chi connectivity index (χ2v) is 5.91. The van der Waals surface area contributed by atoms with Gasteiger partial charge in [0.15, 0.2) is 0 Å². The highest BCUT2D eigenvalue weighted by molar-refractivity contribution is 5.90. The maximum absolute atomic E-state index is 11.9. The van der Waals surface area contributed by atoms with Crippen LogP contribution < -0.4 is 5.73 Å². The topological polar surface area (TPSA) is 102 Å². The van der Waals surface area contributed by atoms with Crippen LogP contribution >= 0.6 is 0 Å². The van der Waals surface area contributed by atoms with Gasteiger partial charge in [-0.3, -0.25) is 4.79 Å². The molecule has 118 valence electrons. The highest BCUT2D eigenvalue weighted by Gasteiger charge is 2.41. The molecule has 6 nitrogen and oxygen atoms in total. The Kier molecular flexibility index (Phi) is 5.66. The third-order valence-corrected chi connectivity index (χ3v) is 2.63. The van der Waals surface area contributed by atoms with Crippen LogP contribution in [-0.2, 0) is 25.7 Å². The van der Waals surface area contributed by atoms with Gasteiger partial charge in [-0.25, -0.2) is 4.79 Å². The summed E-state index contributed by atoms with van der Waals surface area (Å²) in [6, 6.07) is 10.7. The van der Waals surface area contributed by atoms with Crippen LogP contribution in [0.25, 0.3) is 0 Å². The van der Waals surface area contributed by atoms with E-state index >= 15 is 0 Å². The molecule has 0 fully saturated rings. The highest BCUT2D eigenvalue weighted by Crippen LogP contribution is 2.16. The monoisotopic (exact) mass is 304 g/mol. The molecule has 0 aromatic heterocycles. The number of hydrogen-bond donors (Lipinski definition) is 1. The van der Waals surface area contributed by atoms with Crippen molar-refractivity contribution in [3.05, 3.63) is 35.9 Å². The number of nitriles is 1. The quantitative estimate of drug-likeness (QED) is 0.830. The number of carbonyl (C=O) groups excluding carboxylic acids is 2. The fourth-order valence-corrected chi connectivity index (χ4v) is 1.54. The summed E-state index contributed by atoms with van der Waals surface area (Å²) in [7, 11) is 0. The largest absolute Gasteiger partial charge is 0.461 e. The lowest BCUT2D eigenvalue weighted by Gasteiger charge is -2.25. The Bertz CT molecular complexity index is 572. The molecule has 1 unspecified atom stereocenters. The smallest absolute Gasteiger partial charge is 0.342 e. The van der Waals surface area contributed by atoms with Crippen molar-refractivity contribution < 1.29 is 19.1 Å². The molecule has 6 heteroatoms. The average Bonchev–Trinajstić information content (AvgIpc) is 2.44. The number of nitrogens with zero attached hydrogens (tertiary/aromatic N) is 1. The molecule has 0 aliphatic heterocycles. The van der Waals surface area contributed by atoms with Crippen molar-refractivity contribution in [2.75, 3.05) is 0 Å². The van der Waals surface area contributed by atoms with Gasteiger partial charge in [0.1, 0.15) is 12.2 Å². The van der Waals surface area contributed by atoms with Crippen LogP contribution in [0.15, 0.2) is 30.3 Å². The van der Waals surface area contributed by atoms with Gasteiger partial charge in [0.2, 0.25) is 5.54 Å². The summed E-state index contributed by atoms with van der Waals surface area (Å²) in [6.45, 7) is 5.00. The fourth-order valence-electron chi connectivity index (χ4n) is 1.54. The van der Waals surface area contributed by atoms with Gasteiger partial charge in [-0.2, -0.15) is 5.26 Å². The Morgan fingerprint density at radius 1 is 1.23 bits per heavy atom. The zero-order valence-electron chi connectivity index (χ0n) is 13.0. The molecule has 1 rings (SSSR count). The molecule has 0 amide bonds. The van der Waals surface area contributed by atoms with Crippen molar-refractivity contribution in [3.8, 4) is 6.07 Å². The standard InChI is InChI=1S/C16H20N2O4/c1-15(2,3)22-14(20)16(18,11-17)9-13(19)21-10-12-7-5-4-6-8-12/h4-8H,9-10,18H2,1-3H3. The minimum atomic E-state index is -2.05. The number of hydrogen-bond acceptors (Lipinski definition) is 6. The molecule has 0 saturated carbocycles. The molecule has 0 bridgehead atoms. The van der Waals surface area contributed by atoms with Gasteiger partial charge < -0.3 is 15.2 Å². The van der Waals surface area contributed by atoms with Crippen LogP contribution in [0.3, 0.4) is 0 Å². The van der Waals surface area contributed by atoms with Crippen molar-refractivity contribution in [1.82, 2.24) is 0 Å². The molecule has 1 atom stereocenters. The van der Waals surface area contributed by atoms with Crippen LogP contribution in [0.5, 0.6) is 0 Å². The number of benzene rings is 1. The van der Waals surface area contributed by atoms with Crippen LogP contribution in [-0.4, -0.2) is 23.1 Å². The number of ether oxygens (including phenoxy) is 2. The van der Waals surface area contributed by atoms with Crippen molar-refractivity contribution in [2.45, 2.75) is 44.9 Å². The van der Waals surface area contributed by atoms with Crippen LogP contribution in [0.2, 0.25) is 0 Å². The van der Waals surface area contributed by atoms with E-state index in [2.05, 4.69) is 0 Å². The Morgan fingerprint density at radius 2 is 1.82 bits per heavy atom. The second-order valence-electron chi connectivity index (χ2n) is 5.91. The Hall–Kier alpha value is -2.39. The molecule has 22 heavy (non-hydrogen) atoms. The molecule has 1 aromatic carbocycles. The molecule has 0 radical (unpaired) electrons. The van der Waals surface area contributed by atoms with Gasteiger partial charge in [0.25, 0.3) is 0 Å². The van der Waals surface area contributed by atoms with E-state index in [9.17, 15) is 9.59 Å². The van der Waals surface area contributed by atoms with E-state index in [-0.39, 0.29) is 6.61 Å². The van der Waals surface area contributed by atoms with E-state index in [1.165, 1.54) is 0 Å². The van der Waals surface area contributed by atoms with E-state index < -0.39 is 29.5 Å². The van der Waals surface area contributed by atoms with Crippen molar-refractivity contribution in [2.24, 2.45) is 5.73 Å². The van der Waals surface area contributed by atoms with E-state index in [0.717, 1.165) is 5.56 Å². The minimum absolute atomic E-state index is 0.0511. The Morgan fingerprint density at radius 3 is 2.32 bits per heavy atom. The van der Waals surface area contributed by atoms with E-state index in [0.29, 0.717) is 0 Å². The lowest BCUT2D eigenvalue weighted by Crippen LogP contribution is -2.51. The summed E-state index contributed by atoms with van der Waals surface area (Å²) in [4.78, 5) is 23.7. The van der Waals surface area contributed by atoms with Crippen LogP contribution in [0.1, 0.15) is 32.8 Å². The molecular weight excluding hydrogens is 284 g/mol. The lowest BCUT2D eigenvalue weighted by molar-refractivity contribution is -0.163. The molecule has 0 saturated heterocycles. The third-order valence-electron chi connectivity index (χ3n) is 2.63. The first-order chi connectivity index (χ1) is 10.2. The van der Waals surface area contributed by atoms with Gasteiger partial charge in [-0.1, -0.05) is 30.3 Å². The summed E-state index contributed by atoms with van der Waals surface area (Å²) >= 11 is 0. The second kappa shape index (κ2) is 7.05. The molecule has 2 N–H and O–H groups in total. The maximum Gasteiger partial charge on any atom is 0.342 e. The average molecular weight is 304 g/mol. The van der Waals surface area contributed by atoms with Crippen molar-refractivity contribution in [3.63, 3.8) is 0 Å². The van der Waals surface area contributed by atoms with E-state index in [1.54, 1.807) is 39.0 Å². The predicted octanol–water partition coefficient (Wildman–Crippen LogP) is 1.68. The van der Waals surface area contributed by atoms with E-state index in [1.807, 2.05) is 18.2 Å². The molecule has 0 aliphatic carbocycles. The summed E-state index contributed by atoms with van der Waals surface area (Å²) < 4.78 is 10.1. The van der Waals surface area contributed by atoms with Gasteiger partial charge in [0.05, 0.1) is 12.5 Å². The molecule has 1 aromatic rings. The zero-order valence-corrected chi connectivity index (χ0v) is 13.0.